The molecule has 1 saturated heterocycles. The fourth-order valence-electron chi connectivity index (χ4n) is 3.49. The molecule has 0 spiro atoms. The second-order valence-electron chi connectivity index (χ2n) is 7.68. The summed E-state index contributed by atoms with van der Waals surface area (Å²) < 4.78 is 25.8. The molecule has 0 saturated carbocycles. The van der Waals surface area contributed by atoms with Crippen molar-refractivity contribution in [1.29, 1.82) is 0 Å². The number of imide groups is 2. The van der Waals surface area contributed by atoms with Gasteiger partial charge < -0.3 is 9.47 Å². The Hall–Kier alpha value is -3.98. The number of hydrogen-bond acceptors (Lipinski definition) is 5. The van der Waals surface area contributed by atoms with Gasteiger partial charge in [0, 0.05) is 10.0 Å². The zero-order valence-electron chi connectivity index (χ0n) is 18.8. The van der Waals surface area contributed by atoms with E-state index < -0.39 is 17.8 Å². The number of hydrogen-bond donors (Lipinski definition) is 1. The summed E-state index contributed by atoms with van der Waals surface area (Å²) in [7, 11) is 1.44. The third-order valence-corrected chi connectivity index (χ3v) is 6.23. The van der Waals surface area contributed by atoms with Gasteiger partial charge in [0.25, 0.3) is 11.8 Å². The number of benzene rings is 3. The van der Waals surface area contributed by atoms with Crippen molar-refractivity contribution in [2.45, 2.75) is 13.5 Å². The van der Waals surface area contributed by atoms with E-state index in [1.54, 1.807) is 54.6 Å². The lowest BCUT2D eigenvalue weighted by molar-refractivity contribution is -0.122. The van der Waals surface area contributed by atoms with E-state index in [1.165, 1.54) is 19.3 Å². The maximum absolute atomic E-state index is 13.9. The van der Waals surface area contributed by atoms with Crippen LogP contribution in [0.15, 0.2) is 70.7 Å². The van der Waals surface area contributed by atoms with E-state index in [2.05, 4.69) is 21.2 Å². The van der Waals surface area contributed by atoms with Gasteiger partial charge in [-0.25, -0.2) is 14.1 Å². The van der Waals surface area contributed by atoms with Crippen molar-refractivity contribution in [2.24, 2.45) is 0 Å². The molecule has 0 radical (unpaired) electrons. The lowest BCUT2D eigenvalue weighted by Crippen LogP contribution is -2.54. The molecule has 35 heavy (non-hydrogen) atoms. The van der Waals surface area contributed by atoms with Gasteiger partial charge in [0.2, 0.25) is 0 Å². The third-order valence-electron chi connectivity index (χ3n) is 5.34. The van der Waals surface area contributed by atoms with Crippen molar-refractivity contribution in [2.75, 3.05) is 12.0 Å². The second-order valence-corrected chi connectivity index (χ2v) is 8.54. The predicted octanol–water partition coefficient (Wildman–Crippen LogP) is 5.15. The summed E-state index contributed by atoms with van der Waals surface area (Å²) in [4.78, 5) is 39.0. The number of barbiturate groups is 1. The highest BCUT2D eigenvalue weighted by molar-refractivity contribution is 9.10. The number of carbonyl (C=O) groups is 3. The van der Waals surface area contributed by atoms with Gasteiger partial charge in [-0.15, -0.1) is 0 Å². The Morgan fingerprint density at radius 3 is 2.51 bits per heavy atom. The fraction of sp³-hybridized carbons (Fsp3) is 0.115. The molecular formula is C26H20BrFN2O5. The molecule has 4 rings (SSSR count). The summed E-state index contributed by atoms with van der Waals surface area (Å²) in [6, 6.07) is 15.2. The molecule has 1 heterocycles. The number of nitrogens with one attached hydrogen (secondary N) is 1. The van der Waals surface area contributed by atoms with Crippen LogP contribution in [0.4, 0.5) is 14.9 Å². The molecule has 1 N–H and O–H groups in total. The molecule has 0 bridgehead atoms. The molecule has 1 aliphatic rings. The van der Waals surface area contributed by atoms with E-state index in [9.17, 15) is 18.8 Å². The minimum Gasteiger partial charge on any atom is -0.493 e. The first-order valence-corrected chi connectivity index (χ1v) is 11.3. The topological polar surface area (TPSA) is 84.9 Å². The van der Waals surface area contributed by atoms with Crippen LogP contribution < -0.4 is 19.7 Å². The second kappa shape index (κ2) is 10.1. The lowest BCUT2D eigenvalue weighted by Gasteiger charge is -2.26. The molecule has 7 nitrogen and oxygen atoms in total. The normalized spacial score (nSPS) is 14.8. The molecule has 3 aromatic rings. The van der Waals surface area contributed by atoms with E-state index in [-0.39, 0.29) is 18.0 Å². The maximum Gasteiger partial charge on any atom is 0.335 e. The largest absolute Gasteiger partial charge is 0.493 e. The molecule has 9 heteroatoms. The molecule has 1 fully saturated rings. The highest BCUT2D eigenvalue weighted by Gasteiger charge is 2.37. The van der Waals surface area contributed by atoms with Crippen LogP contribution in [-0.2, 0) is 16.2 Å². The molecule has 178 valence electrons. The third kappa shape index (κ3) is 5.09. The van der Waals surface area contributed by atoms with Crippen LogP contribution in [0.1, 0.15) is 16.7 Å². The number of anilines is 1. The summed E-state index contributed by atoms with van der Waals surface area (Å²) in [6.45, 7) is 1.82. The quantitative estimate of drug-likeness (QED) is 0.346. The predicted molar refractivity (Wildman–Crippen MR) is 132 cm³/mol. The number of aryl methyl sites for hydroxylation is 1. The minimum atomic E-state index is -0.826. The fourth-order valence-corrected chi connectivity index (χ4v) is 3.74. The number of rotatable bonds is 6. The Morgan fingerprint density at radius 2 is 1.80 bits per heavy atom. The lowest BCUT2D eigenvalue weighted by atomic mass is 10.1. The molecular weight excluding hydrogens is 519 g/mol. The Kier molecular flexibility index (Phi) is 6.97. The molecule has 3 aromatic carbocycles. The van der Waals surface area contributed by atoms with Crippen LogP contribution in [0.5, 0.6) is 11.5 Å². The van der Waals surface area contributed by atoms with E-state index in [4.69, 9.17) is 9.47 Å². The number of halogens is 2. The van der Waals surface area contributed by atoms with Gasteiger partial charge in [-0.2, -0.15) is 0 Å². The van der Waals surface area contributed by atoms with Gasteiger partial charge in [-0.05, 0) is 60.5 Å². The van der Waals surface area contributed by atoms with Crippen molar-refractivity contribution in [3.05, 3.63) is 93.2 Å². The van der Waals surface area contributed by atoms with Crippen molar-refractivity contribution in [1.82, 2.24) is 5.32 Å². The number of ether oxygens (including phenoxy) is 2. The van der Waals surface area contributed by atoms with Gasteiger partial charge in [0.05, 0.1) is 12.8 Å². The smallest absolute Gasteiger partial charge is 0.335 e. The van der Waals surface area contributed by atoms with E-state index in [0.717, 1.165) is 14.9 Å². The number of urea groups is 1. The van der Waals surface area contributed by atoms with Crippen LogP contribution in [-0.4, -0.2) is 25.0 Å². The number of carbonyl (C=O) groups excluding carboxylic acids is 3. The molecule has 0 aromatic heterocycles. The van der Waals surface area contributed by atoms with Crippen LogP contribution in [0.3, 0.4) is 0 Å². The minimum absolute atomic E-state index is 0.00591. The molecule has 1 aliphatic heterocycles. The molecule has 0 unspecified atom stereocenters. The number of nitrogens with zero attached hydrogens (tertiary/aromatic N) is 1. The monoisotopic (exact) mass is 538 g/mol. The summed E-state index contributed by atoms with van der Waals surface area (Å²) in [6.07, 6.45) is 1.37. The van der Waals surface area contributed by atoms with E-state index in [1.807, 2.05) is 6.92 Å². The van der Waals surface area contributed by atoms with Gasteiger partial charge in [0.1, 0.15) is 18.0 Å². The van der Waals surface area contributed by atoms with E-state index >= 15 is 0 Å². The highest BCUT2D eigenvalue weighted by atomic mass is 79.9. The zero-order chi connectivity index (χ0) is 25.1. The van der Waals surface area contributed by atoms with Gasteiger partial charge in [0.15, 0.2) is 11.5 Å². The number of methoxy groups -OCH3 is 1. The van der Waals surface area contributed by atoms with Gasteiger partial charge >= 0.3 is 6.03 Å². The molecule has 4 amide bonds. The standard InChI is InChI=1S/C26H20BrFN2O5/c1-15-11-18(8-9-20(15)27)30-25(32)19(24(31)29-26(30)33)12-16-7-10-22(23(13-16)34-2)35-14-17-5-3-4-6-21(17)28/h3-13H,14H2,1-2H3,(H,29,31,33)/b19-12+. The maximum atomic E-state index is 13.9. The van der Waals surface area contributed by atoms with Crippen LogP contribution in [0.25, 0.3) is 6.08 Å². The first kappa shape index (κ1) is 24.2. The SMILES string of the molecule is COc1cc(/C=C2\C(=O)NC(=O)N(c3ccc(Br)c(C)c3)C2=O)ccc1OCc1ccccc1F. The van der Waals surface area contributed by atoms with Crippen molar-refractivity contribution in [3.63, 3.8) is 0 Å². The zero-order valence-corrected chi connectivity index (χ0v) is 20.4. The van der Waals surface area contributed by atoms with Gasteiger partial charge in [-0.3, -0.25) is 14.9 Å². The van der Waals surface area contributed by atoms with Crippen molar-refractivity contribution in [3.8, 4) is 11.5 Å². The summed E-state index contributed by atoms with van der Waals surface area (Å²) in [5, 5.41) is 2.20. The first-order valence-electron chi connectivity index (χ1n) is 10.5. The molecule has 0 atom stereocenters. The van der Waals surface area contributed by atoms with Crippen LogP contribution in [0, 0.1) is 12.7 Å². The Labute approximate surface area is 209 Å². The molecule has 0 aliphatic carbocycles. The Balaban J connectivity index is 1.61. The van der Waals surface area contributed by atoms with Gasteiger partial charge in [-0.1, -0.05) is 40.2 Å². The first-order chi connectivity index (χ1) is 16.8. The van der Waals surface area contributed by atoms with Crippen molar-refractivity contribution < 1.29 is 28.2 Å². The van der Waals surface area contributed by atoms with Crippen LogP contribution >= 0.6 is 15.9 Å². The Bertz CT molecular complexity index is 1370. The Morgan fingerprint density at radius 1 is 1.03 bits per heavy atom. The average molecular weight is 539 g/mol. The van der Waals surface area contributed by atoms with E-state index in [0.29, 0.717) is 28.3 Å². The highest BCUT2D eigenvalue weighted by Crippen LogP contribution is 2.31. The van der Waals surface area contributed by atoms with Crippen LogP contribution in [0.2, 0.25) is 0 Å². The van der Waals surface area contributed by atoms with Crippen molar-refractivity contribution >= 4 is 45.5 Å². The number of amides is 4. The summed E-state index contributed by atoms with van der Waals surface area (Å²) in [5.74, 6) is -1.24. The summed E-state index contributed by atoms with van der Waals surface area (Å²) in [5.41, 5.74) is 1.80. The summed E-state index contributed by atoms with van der Waals surface area (Å²) >= 11 is 3.39. The average Bonchev–Trinajstić information content (AvgIpc) is 2.83.